The minimum atomic E-state index is -0.123. The SMILES string of the molecule is Cc1csc(N(C(=O)CSc2nnc(-c3ccc(Cl)cc3)o2)c2ccccc2)n1. The maximum Gasteiger partial charge on any atom is 0.277 e. The van der Waals surface area contributed by atoms with Crippen molar-refractivity contribution in [2.24, 2.45) is 0 Å². The molecule has 0 radical (unpaired) electrons. The van der Waals surface area contributed by atoms with Gasteiger partial charge in [-0.25, -0.2) is 4.98 Å². The van der Waals surface area contributed by atoms with E-state index in [2.05, 4.69) is 15.2 Å². The first-order chi connectivity index (χ1) is 14.1. The Morgan fingerprint density at radius 2 is 1.90 bits per heavy atom. The Morgan fingerprint density at radius 1 is 1.14 bits per heavy atom. The van der Waals surface area contributed by atoms with Gasteiger partial charge < -0.3 is 4.42 Å². The van der Waals surface area contributed by atoms with E-state index in [9.17, 15) is 4.79 Å². The van der Waals surface area contributed by atoms with Gasteiger partial charge in [0.1, 0.15) is 0 Å². The summed E-state index contributed by atoms with van der Waals surface area (Å²) in [6.45, 7) is 1.90. The van der Waals surface area contributed by atoms with E-state index >= 15 is 0 Å². The minimum absolute atomic E-state index is 0.123. The highest BCUT2D eigenvalue weighted by atomic mass is 35.5. The zero-order chi connectivity index (χ0) is 20.2. The van der Waals surface area contributed by atoms with Gasteiger partial charge in [0.2, 0.25) is 11.8 Å². The molecule has 6 nitrogen and oxygen atoms in total. The van der Waals surface area contributed by atoms with Crippen LogP contribution in [0, 0.1) is 6.92 Å². The van der Waals surface area contributed by atoms with Crippen LogP contribution in [0.15, 0.2) is 69.6 Å². The summed E-state index contributed by atoms with van der Waals surface area (Å²) >= 11 is 8.52. The molecule has 0 atom stereocenters. The summed E-state index contributed by atoms with van der Waals surface area (Å²) in [5.41, 5.74) is 2.40. The molecule has 2 aromatic heterocycles. The van der Waals surface area contributed by atoms with Crippen molar-refractivity contribution in [3.63, 3.8) is 0 Å². The summed E-state index contributed by atoms with van der Waals surface area (Å²) in [6.07, 6.45) is 0. The number of rotatable bonds is 6. The maximum atomic E-state index is 13.0. The standard InChI is InChI=1S/C20H15ClN4O2S2/c1-13-11-28-19(22-13)25(16-5-3-2-4-6-16)17(26)12-29-20-24-23-18(27-20)14-7-9-15(21)10-8-14/h2-11H,12H2,1H3. The number of carbonyl (C=O) groups is 1. The van der Waals surface area contributed by atoms with Crippen molar-refractivity contribution >= 4 is 51.4 Å². The van der Waals surface area contributed by atoms with Crippen LogP contribution in [0.3, 0.4) is 0 Å². The summed E-state index contributed by atoms with van der Waals surface area (Å²) < 4.78 is 5.67. The third-order valence-corrected chi connectivity index (χ3v) is 5.88. The first kappa shape index (κ1) is 19.6. The Bertz CT molecular complexity index is 1110. The van der Waals surface area contributed by atoms with Gasteiger partial charge in [0.05, 0.1) is 17.1 Å². The number of amides is 1. The number of aryl methyl sites for hydroxylation is 1. The van der Waals surface area contributed by atoms with Crippen LogP contribution in [0.1, 0.15) is 5.69 Å². The van der Waals surface area contributed by atoms with Gasteiger partial charge in [0.15, 0.2) is 5.13 Å². The molecule has 29 heavy (non-hydrogen) atoms. The first-order valence-corrected chi connectivity index (χ1v) is 10.9. The van der Waals surface area contributed by atoms with Gasteiger partial charge >= 0.3 is 0 Å². The number of para-hydroxylation sites is 1. The molecule has 0 saturated carbocycles. The van der Waals surface area contributed by atoms with Gasteiger partial charge in [0.25, 0.3) is 5.22 Å². The monoisotopic (exact) mass is 442 g/mol. The van der Waals surface area contributed by atoms with Gasteiger partial charge in [-0.15, -0.1) is 21.5 Å². The minimum Gasteiger partial charge on any atom is -0.411 e. The zero-order valence-electron chi connectivity index (χ0n) is 15.3. The molecule has 0 aliphatic rings. The van der Waals surface area contributed by atoms with E-state index in [0.717, 1.165) is 16.9 Å². The lowest BCUT2D eigenvalue weighted by molar-refractivity contribution is -0.115. The lowest BCUT2D eigenvalue weighted by Crippen LogP contribution is -2.27. The molecule has 0 aliphatic carbocycles. The number of anilines is 2. The lowest BCUT2D eigenvalue weighted by Gasteiger charge is -2.19. The smallest absolute Gasteiger partial charge is 0.277 e. The second kappa shape index (κ2) is 8.77. The van der Waals surface area contributed by atoms with E-state index in [1.807, 2.05) is 42.6 Å². The molecular formula is C20H15ClN4O2S2. The Kier molecular flexibility index (Phi) is 5.94. The van der Waals surface area contributed by atoms with Crippen LogP contribution in [0.2, 0.25) is 5.02 Å². The molecule has 2 aromatic carbocycles. The van der Waals surface area contributed by atoms with E-state index in [1.165, 1.54) is 23.1 Å². The second-order valence-electron chi connectivity index (χ2n) is 6.00. The summed E-state index contributed by atoms with van der Waals surface area (Å²) in [4.78, 5) is 19.1. The Hall–Kier alpha value is -2.68. The lowest BCUT2D eigenvalue weighted by atomic mass is 10.2. The maximum absolute atomic E-state index is 13.0. The predicted molar refractivity (Wildman–Crippen MR) is 116 cm³/mol. The molecule has 0 aliphatic heterocycles. The van der Waals surface area contributed by atoms with Crippen LogP contribution in [-0.4, -0.2) is 26.8 Å². The molecule has 9 heteroatoms. The van der Waals surface area contributed by atoms with Crippen LogP contribution in [0.5, 0.6) is 0 Å². The van der Waals surface area contributed by atoms with Crippen LogP contribution in [-0.2, 0) is 4.79 Å². The fourth-order valence-corrected chi connectivity index (χ4v) is 4.12. The summed E-state index contributed by atoms with van der Waals surface area (Å²) in [5, 5.41) is 11.6. The number of hydrogen-bond acceptors (Lipinski definition) is 7. The van der Waals surface area contributed by atoms with Crippen LogP contribution < -0.4 is 4.90 Å². The Labute approximate surface area is 180 Å². The Morgan fingerprint density at radius 3 is 2.59 bits per heavy atom. The number of nitrogens with zero attached hydrogens (tertiary/aromatic N) is 4. The van der Waals surface area contributed by atoms with Crippen molar-refractivity contribution in [2.75, 3.05) is 10.7 Å². The zero-order valence-corrected chi connectivity index (χ0v) is 17.7. The topological polar surface area (TPSA) is 72.1 Å². The number of carbonyl (C=O) groups excluding carboxylic acids is 1. The van der Waals surface area contributed by atoms with Crippen LogP contribution >= 0.6 is 34.7 Å². The molecule has 1 amide bonds. The molecule has 0 fully saturated rings. The molecule has 4 rings (SSSR count). The molecule has 0 unspecified atom stereocenters. The normalized spacial score (nSPS) is 10.8. The molecular weight excluding hydrogens is 428 g/mol. The van der Waals surface area contributed by atoms with E-state index in [4.69, 9.17) is 16.0 Å². The highest BCUT2D eigenvalue weighted by Crippen LogP contribution is 2.30. The summed E-state index contributed by atoms with van der Waals surface area (Å²) in [5.74, 6) is 0.393. The number of hydrogen-bond donors (Lipinski definition) is 0. The Balaban J connectivity index is 1.49. The van der Waals surface area contributed by atoms with E-state index in [0.29, 0.717) is 21.3 Å². The van der Waals surface area contributed by atoms with Crippen molar-refractivity contribution in [3.05, 3.63) is 70.7 Å². The van der Waals surface area contributed by atoms with Crippen molar-refractivity contribution in [2.45, 2.75) is 12.1 Å². The van der Waals surface area contributed by atoms with Crippen molar-refractivity contribution in [1.29, 1.82) is 0 Å². The van der Waals surface area contributed by atoms with E-state index in [-0.39, 0.29) is 11.7 Å². The second-order valence-corrected chi connectivity index (χ2v) is 8.20. The number of thiazole rings is 1. The molecule has 0 spiro atoms. The summed E-state index contributed by atoms with van der Waals surface area (Å²) in [6, 6.07) is 16.6. The number of aromatic nitrogens is 3. The highest BCUT2D eigenvalue weighted by molar-refractivity contribution is 7.99. The average molecular weight is 443 g/mol. The molecule has 2 heterocycles. The highest BCUT2D eigenvalue weighted by Gasteiger charge is 2.22. The average Bonchev–Trinajstić information content (AvgIpc) is 3.37. The van der Waals surface area contributed by atoms with Gasteiger partial charge in [-0.1, -0.05) is 41.6 Å². The van der Waals surface area contributed by atoms with Gasteiger partial charge in [0, 0.05) is 16.0 Å². The van der Waals surface area contributed by atoms with Gasteiger partial charge in [-0.2, -0.15) is 0 Å². The van der Waals surface area contributed by atoms with Crippen LogP contribution in [0.4, 0.5) is 10.8 Å². The number of halogens is 1. The van der Waals surface area contributed by atoms with E-state index < -0.39 is 0 Å². The largest absolute Gasteiger partial charge is 0.411 e. The quantitative estimate of drug-likeness (QED) is 0.361. The molecule has 0 N–H and O–H groups in total. The van der Waals surface area contributed by atoms with Crippen molar-refractivity contribution in [3.8, 4) is 11.5 Å². The third kappa shape index (κ3) is 4.67. The molecule has 0 saturated heterocycles. The number of benzene rings is 2. The fourth-order valence-electron chi connectivity index (χ4n) is 2.55. The predicted octanol–water partition coefficient (Wildman–Crippen LogP) is 5.61. The summed E-state index contributed by atoms with van der Waals surface area (Å²) in [7, 11) is 0. The van der Waals surface area contributed by atoms with E-state index in [1.54, 1.807) is 29.2 Å². The first-order valence-electron chi connectivity index (χ1n) is 8.62. The van der Waals surface area contributed by atoms with Gasteiger partial charge in [-0.3, -0.25) is 9.69 Å². The number of thioether (sulfide) groups is 1. The molecule has 4 aromatic rings. The fraction of sp³-hybridized carbons (Fsp3) is 0.100. The van der Waals surface area contributed by atoms with Crippen molar-refractivity contribution in [1.82, 2.24) is 15.2 Å². The third-order valence-electron chi connectivity index (χ3n) is 3.88. The molecule has 146 valence electrons. The molecule has 0 bridgehead atoms. The van der Waals surface area contributed by atoms with Crippen molar-refractivity contribution < 1.29 is 9.21 Å². The van der Waals surface area contributed by atoms with Gasteiger partial charge in [-0.05, 0) is 43.3 Å². The van der Waals surface area contributed by atoms with Crippen LogP contribution in [0.25, 0.3) is 11.5 Å².